The lowest BCUT2D eigenvalue weighted by atomic mass is 10.0. The molecule has 5 heteroatoms. The van der Waals surface area contributed by atoms with Crippen LogP contribution in [0.2, 0.25) is 0 Å². The van der Waals surface area contributed by atoms with Crippen molar-refractivity contribution in [3.8, 4) is 0 Å². The Morgan fingerprint density at radius 1 is 1.30 bits per heavy atom. The molecular formula is C15H22IN3S. The summed E-state index contributed by atoms with van der Waals surface area (Å²) in [6.45, 7) is 2.93. The number of hydrogen-bond donors (Lipinski definition) is 1. The molecule has 20 heavy (non-hydrogen) atoms. The first-order valence-electron chi connectivity index (χ1n) is 7.05. The third-order valence-electron chi connectivity index (χ3n) is 4.07. The largest absolute Gasteiger partial charge is 0.370 e. The monoisotopic (exact) mass is 403 g/mol. The fraction of sp³-hybridized carbons (Fsp3) is 0.533. The number of aryl methyl sites for hydroxylation is 1. The Balaban J connectivity index is 0.00000147. The molecule has 0 amide bonds. The Bertz CT molecular complexity index is 472. The van der Waals surface area contributed by atoms with Crippen molar-refractivity contribution in [3.63, 3.8) is 0 Å². The normalized spacial score (nSPS) is 22.3. The van der Waals surface area contributed by atoms with Crippen molar-refractivity contribution in [2.45, 2.75) is 18.8 Å². The van der Waals surface area contributed by atoms with Gasteiger partial charge in [0.2, 0.25) is 0 Å². The van der Waals surface area contributed by atoms with Crippen LogP contribution < -0.4 is 5.73 Å². The average molecular weight is 403 g/mol. The topological polar surface area (TPSA) is 41.6 Å². The van der Waals surface area contributed by atoms with Gasteiger partial charge in [-0.05, 0) is 24.0 Å². The Kier molecular flexibility index (Phi) is 6.01. The lowest BCUT2D eigenvalue weighted by Gasteiger charge is -2.27. The highest BCUT2D eigenvalue weighted by Crippen LogP contribution is 2.32. The van der Waals surface area contributed by atoms with Crippen molar-refractivity contribution >= 4 is 41.7 Å². The van der Waals surface area contributed by atoms with Crippen LogP contribution in [0.1, 0.15) is 23.5 Å². The Morgan fingerprint density at radius 3 is 2.85 bits per heavy atom. The van der Waals surface area contributed by atoms with Crippen LogP contribution in [0.3, 0.4) is 0 Å². The number of nitrogens with zero attached hydrogens (tertiary/aromatic N) is 2. The second-order valence-corrected chi connectivity index (χ2v) is 6.46. The molecular weight excluding hydrogens is 381 g/mol. The molecule has 3 rings (SSSR count). The molecule has 0 bridgehead atoms. The molecule has 1 unspecified atom stereocenters. The molecule has 0 radical (unpaired) electrons. The Hall–Kier alpha value is -0.430. The van der Waals surface area contributed by atoms with Gasteiger partial charge in [-0.25, -0.2) is 0 Å². The summed E-state index contributed by atoms with van der Waals surface area (Å²) in [6.07, 6.45) is 2.41. The van der Waals surface area contributed by atoms with Gasteiger partial charge in [0.15, 0.2) is 5.96 Å². The summed E-state index contributed by atoms with van der Waals surface area (Å²) < 4.78 is 0. The van der Waals surface area contributed by atoms with E-state index in [4.69, 9.17) is 5.73 Å². The highest BCUT2D eigenvalue weighted by Gasteiger charge is 2.22. The van der Waals surface area contributed by atoms with Gasteiger partial charge < -0.3 is 10.6 Å². The predicted octanol–water partition coefficient (Wildman–Crippen LogP) is 2.70. The van der Waals surface area contributed by atoms with Crippen molar-refractivity contribution in [1.82, 2.24) is 4.90 Å². The maximum absolute atomic E-state index is 6.11. The zero-order valence-electron chi connectivity index (χ0n) is 11.6. The standard InChI is InChI=1S/C15H21N3S.HI/c16-15(18-7-9-19-10-8-18)17-11-13-6-5-12-3-1-2-4-14(12)13;/h1-4,13H,5-11H2,(H2,16,17);1H. The summed E-state index contributed by atoms with van der Waals surface area (Å²) >= 11 is 2.00. The van der Waals surface area contributed by atoms with Gasteiger partial charge in [0.05, 0.1) is 0 Å². The van der Waals surface area contributed by atoms with E-state index in [9.17, 15) is 0 Å². The number of rotatable bonds is 2. The number of guanidine groups is 1. The van der Waals surface area contributed by atoms with Gasteiger partial charge >= 0.3 is 0 Å². The first kappa shape index (κ1) is 15.9. The van der Waals surface area contributed by atoms with Crippen LogP contribution in [0.5, 0.6) is 0 Å². The van der Waals surface area contributed by atoms with Crippen molar-refractivity contribution in [2.75, 3.05) is 31.1 Å². The SMILES string of the molecule is I.NC(=NCC1CCc2ccccc21)N1CCSCC1. The zero-order chi connectivity index (χ0) is 13.1. The third kappa shape index (κ3) is 3.61. The molecule has 0 aromatic heterocycles. The second kappa shape index (κ2) is 7.54. The van der Waals surface area contributed by atoms with Crippen LogP contribution >= 0.6 is 35.7 Å². The van der Waals surface area contributed by atoms with Crippen LogP contribution in [0.15, 0.2) is 29.3 Å². The fourth-order valence-electron chi connectivity index (χ4n) is 2.93. The van der Waals surface area contributed by atoms with Gasteiger partial charge in [0.1, 0.15) is 0 Å². The molecule has 3 nitrogen and oxygen atoms in total. The van der Waals surface area contributed by atoms with Crippen LogP contribution in [-0.4, -0.2) is 42.0 Å². The highest BCUT2D eigenvalue weighted by molar-refractivity contribution is 14.0. The van der Waals surface area contributed by atoms with Gasteiger partial charge in [0, 0.05) is 37.1 Å². The molecule has 1 aromatic carbocycles. The van der Waals surface area contributed by atoms with E-state index in [1.54, 1.807) is 0 Å². The summed E-state index contributed by atoms with van der Waals surface area (Å²) in [6, 6.07) is 8.75. The highest BCUT2D eigenvalue weighted by atomic mass is 127. The van der Waals surface area contributed by atoms with Crippen LogP contribution in [0, 0.1) is 0 Å². The first-order valence-corrected chi connectivity index (χ1v) is 8.20. The number of benzene rings is 1. The maximum Gasteiger partial charge on any atom is 0.191 e. The first-order chi connectivity index (χ1) is 9.34. The van der Waals surface area contributed by atoms with Crippen molar-refractivity contribution in [1.29, 1.82) is 0 Å². The predicted molar refractivity (Wildman–Crippen MR) is 98.3 cm³/mol. The van der Waals surface area contributed by atoms with E-state index in [1.165, 1.54) is 35.5 Å². The lowest BCUT2D eigenvalue weighted by Crippen LogP contribution is -2.42. The number of nitrogens with two attached hydrogens (primary N) is 1. The quantitative estimate of drug-likeness (QED) is 0.469. The van der Waals surface area contributed by atoms with Gasteiger partial charge in [0.25, 0.3) is 0 Å². The van der Waals surface area contributed by atoms with Crippen LogP contribution in [0.25, 0.3) is 0 Å². The number of halogens is 1. The molecule has 1 saturated heterocycles. The number of hydrogen-bond acceptors (Lipinski definition) is 2. The van der Waals surface area contributed by atoms with Crippen molar-refractivity contribution in [3.05, 3.63) is 35.4 Å². The van der Waals surface area contributed by atoms with Gasteiger partial charge in [-0.15, -0.1) is 24.0 Å². The van der Waals surface area contributed by atoms with Gasteiger partial charge in [-0.1, -0.05) is 24.3 Å². The van der Waals surface area contributed by atoms with Gasteiger partial charge in [-0.2, -0.15) is 11.8 Å². The minimum atomic E-state index is 0. The second-order valence-electron chi connectivity index (χ2n) is 5.23. The molecule has 1 fully saturated rings. The smallest absolute Gasteiger partial charge is 0.191 e. The molecule has 2 N–H and O–H groups in total. The van der Waals surface area contributed by atoms with E-state index in [0.29, 0.717) is 5.92 Å². The Labute approximate surface area is 142 Å². The fourth-order valence-corrected chi connectivity index (χ4v) is 3.83. The van der Waals surface area contributed by atoms with E-state index < -0.39 is 0 Å². The van der Waals surface area contributed by atoms with E-state index in [0.717, 1.165) is 25.6 Å². The molecule has 0 spiro atoms. The zero-order valence-corrected chi connectivity index (χ0v) is 14.8. The van der Waals surface area contributed by atoms with E-state index in [2.05, 4.69) is 34.2 Å². The number of thioether (sulfide) groups is 1. The Morgan fingerprint density at radius 2 is 2.05 bits per heavy atom. The summed E-state index contributed by atoms with van der Waals surface area (Å²) in [7, 11) is 0. The van der Waals surface area contributed by atoms with Gasteiger partial charge in [-0.3, -0.25) is 4.99 Å². The van der Waals surface area contributed by atoms with E-state index in [-0.39, 0.29) is 24.0 Å². The molecule has 110 valence electrons. The van der Waals surface area contributed by atoms with Crippen LogP contribution in [0.4, 0.5) is 0 Å². The molecule has 0 saturated carbocycles. The molecule has 1 aromatic rings. The molecule has 1 heterocycles. The minimum Gasteiger partial charge on any atom is -0.370 e. The number of aliphatic imine (C=N–C) groups is 1. The molecule has 1 aliphatic carbocycles. The summed E-state index contributed by atoms with van der Waals surface area (Å²) in [4.78, 5) is 6.86. The average Bonchev–Trinajstić information content (AvgIpc) is 2.89. The molecule has 2 aliphatic rings. The number of fused-ring (bicyclic) bond motifs is 1. The summed E-state index contributed by atoms with van der Waals surface area (Å²) in [5, 5.41) is 0. The minimum absolute atomic E-state index is 0. The van der Waals surface area contributed by atoms with E-state index in [1.807, 2.05) is 11.8 Å². The van der Waals surface area contributed by atoms with E-state index >= 15 is 0 Å². The molecule has 1 aliphatic heterocycles. The van der Waals surface area contributed by atoms with Crippen LogP contribution in [-0.2, 0) is 6.42 Å². The van der Waals surface area contributed by atoms with Crippen molar-refractivity contribution in [2.24, 2.45) is 10.7 Å². The lowest BCUT2D eigenvalue weighted by molar-refractivity contribution is 0.454. The molecule has 1 atom stereocenters. The summed E-state index contributed by atoms with van der Waals surface area (Å²) in [5.74, 6) is 3.64. The third-order valence-corrected chi connectivity index (χ3v) is 5.01. The summed E-state index contributed by atoms with van der Waals surface area (Å²) in [5.41, 5.74) is 9.09. The van der Waals surface area contributed by atoms with Crippen molar-refractivity contribution < 1.29 is 0 Å². The maximum atomic E-state index is 6.11.